The Bertz CT molecular complexity index is 1070. The van der Waals surface area contributed by atoms with Crippen molar-refractivity contribution in [1.29, 1.82) is 0 Å². The summed E-state index contributed by atoms with van der Waals surface area (Å²) < 4.78 is 1.85. The Balaban J connectivity index is 1.85. The molecule has 174 valence electrons. The minimum absolute atomic E-state index is 0.0671. The summed E-state index contributed by atoms with van der Waals surface area (Å²) in [7, 11) is 0. The topological polar surface area (TPSA) is 79.3 Å². The van der Waals surface area contributed by atoms with Crippen molar-refractivity contribution in [2.24, 2.45) is 5.92 Å². The number of hydrogen-bond donors (Lipinski definition) is 2. The molecule has 1 aromatic heterocycles. The number of carbonyl (C=O) groups excluding carboxylic acids is 2. The van der Waals surface area contributed by atoms with Gasteiger partial charge in [0, 0.05) is 29.5 Å². The van der Waals surface area contributed by atoms with Crippen LogP contribution in [-0.2, 0) is 4.79 Å². The molecule has 3 aromatic rings. The molecule has 7 heteroatoms. The number of hydrogen-bond acceptors (Lipinski definition) is 3. The standard InChI is InChI=1S/C26H33N5O2/c1-19(2)16-30(25(33)29-26(3,4)5)18-23(32)28-24-27-22(20-12-8-6-9-13-20)17-31(24)21-14-10-7-11-15-21/h6-15,17,19H,16,18H2,1-5H3,(H,29,33)(H,27,28,32). The average Bonchev–Trinajstić information content (AvgIpc) is 3.16. The van der Waals surface area contributed by atoms with E-state index in [9.17, 15) is 9.59 Å². The minimum Gasteiger partial charge on any atom is -0.333 e. The largest absolute Gasteiger partial charge is 0.333 e. The number of imidazole rings is 1. The molecular weight excluding hydrogens is 414 g/mol. The summed E-state index contributed by atoms with van der Waals surface area (Å²) in [4.78, 5) is 32.0. The van der Waals surface area contributed by atoms with E-state index in [2.05, 4.69) is 15.6 Å². The summed E-state index contributed by atoms with van der Waals surface area (Å²) in [6.07, 6.45) is 1.90. The molecule has 0 aliphatic rings. The van der Waals surface area contributed by atoms with E-state index in [0.717, 1.165) is 16.9 Å². The third kappa shape index (κ3) is 6.94. The summed E-state index contributed by atoms with van der Waals surface area (Å²) in [5, 5.41) is 5.85. The third-order valence-corrected chi connectivity index (χ3v) is 4.75. The lowest BCUT2D eigenvalue weighted by Gasteiger charge is -2.29. The minimum atomic E-state index is -0.392. The number of nitrogens with one attached hydrogen (secondary N) is 2. The van der Waals surface area contributed by atoms with E-state index in [4.69, 9.17) is 0 Å². The van der Waals surface area contributed by atoms with Crippen LogP contribution in [0.3, 0.4) is 0 Å². The predicted octanol–water partition coefficient (Wildman–Crippen LogP) is 4.94. The summed E-state index contributed by atoms with van der Waals surface area (Å²) in [6, 6.07) is 19.3. The van der Waals surface area contributed by atoms with E-state index in [1.54, 1.807) is 4.90 Å². The number of carbonyl (C=O) groups is 2. The molecule has 0 bridgehead atoms. The Morgan fingerprint density at radius 1 is 1.00 bits per heavy atom. The lowest BCUT2D eigenvalue weighted by Crippen LogP contribution is -2.51. The smallest absolute Gasteiger partial charge is 0.318 e. The van der Waals surface area contributed by atoms with Crippen LogP contribution in [0.1, 0.15) is 34.6 Å². The van der Waals surface area contributed by atoms with Crippen molar-refractivity contribution < 1.29 is 9.59 Å². The van der Waals surface area contributed by atoms with Gasteiger partial charge in [-0.05, 0) is 38.8 Å². The van der Waals surface area contributed by atoms with Crippen LogP contribution in [-0.4, -0.2) is 45.0 Å². The van der Waals surface area contributed by atoms with Crippen LogP contribution in [0, 0.1) is 5.92 Å². The second-order valence-electron chi connectivity index (χ2n) is 9.52. The fourth-order valence-electron chi connectivity index (χ4n) is 3.40. The maximum atomic E-state index is 13.0. The molecule has 0 aliphatic heterocycles. The second kappa shape index (κ2) is 10.3. The van der Waals surface area contributed by atoms with E-state index in [0.29, 0.717) is 12.5 Å². The first-order valence-electron chi connectivity index (χ1n) is 11.2. The van der Waals surface area contributed by atoms with Crippen molar-refractivity contribution in [3.8, 4) is 16.9 Å². The molecule has 0 spiro atoms. The van der Waals surface area contributed by atoms with Crippen LogP contribution in [0.15, 0.2) is 66.9 Å². The number of para-hydroxylation sites is 1. The third-order valence-electron chi connectivity index (χ3n) is 4.75. The number of benzene rings is 2. The van der Waals surface area contributed by atoms with Crippen molar-refractivity contribution >= 4 is 17.9 Å². The Morgan fingerprint density at radius 3 is 2.18 bits per heavy atom. The van der Waals surface area contributed by atoms with Crippen LogP contribution >= 0.6 is 0 Å². The number of amides is 3. The molecule has 3 rings (SSSR count). The Morgan fingerprint density at radius 2 is 1.61 bits per heavy atom. The molecule has 0 saturated carbocycles. The summed E-state index contributed by atoms with van der Waals surface area (Å²) in [6.45, 7) is 10.2. The molecule has 0 fully saturated rings. The molecule has 3 amide bonds. The highest BCUT2D eigenvalue weighted by atomic mass is 16.2. The van der Waals surface area contributed by atoms with E-state index in [1.165, 1.54) is 0 Å². The van der Waals surface area contributed by atoms with Gasteiger partial charge in [-0.15, -0.1) is 0 Å². The average molecular weight is 448 g/mol. The van der Waals surface area contributed by atoms with Crippen LogP contribution in [0.5, 0.6) is 0 Å². The van der Waals surface area contributed by atoms with E-state index in [1.807, 2.05) is 106 Å². The van der Waals surface area contributed by atoms with Gasteiger partial charge in [-0.3, -0.25) is 14.7 Å². The molecule has 0 atom stereocenters. The molecule has 33 heavy (non-hydrogen) atoms. The van der Waals surface area contributed by atoms with Gasteiger partial charge in [0.25, 0.3) is 0 Å². The Hall–Kier alpha value is -3.61. The van der Waals surface area contributed by atoms with Crippen LogP contribution in [0.2, 0.25) is 0 Å². The van der Waals surface area contributed by atoms with Gasteiger partial charge in [-0.25, -0.2) is 9.78 Å². The van der Waals surface area contributed by atoms with Gasteiger partial charge in [0.2, 0.25) is 11.9 Å². The molecule has 1 heterocycles. The lowest BCUT2D eigenvalue weighted by atomic mass is 10.1. The molecule has 2 N–H and O–H groups in total. The fourth-order valence-corrected chi connectivity index (χ4v) is 3.40. The van der Waals surface area contributed by atoms with E-state index in [-0.39, 0.29) is 24.4 Å². The van der Waals surface area contributed by atoms with Gasteiger partial charge < -0.3 is 10.2 Å². The summed E-state index contributed by atoms with van der Waals surface area (Å²) in [5.74, 6) is 0.326. The highest BCUT2D eigenvalue weighted by molar-refractivity contribution is 5.93. The maximum absolute atomic E-state index is 13.0. The van der Waals surface area contributed by atoms with E-state index < -0.39 is 5.54 Å². The number of rotatable bonds is 7. The lowest BCUT2D eigenvalue weighted by molar-refractivity contribution is -0.116. The van der Waals surface area contributed by atoms with Crippen LogP contribution in [0.25, 0.3) is 16.9 Å². The Labute approximate surface area is 195 Å². The molecule has 0 saturated heterocycles. The SMILES string of the molecule is CC(C)CN(CC(=O)Nc1nc(-c2ccccc2)cn1-c1ccccc1)C(=O)NC(C)(C)C. The first-order valence-corrected chi connectivity index (χ1v) is 11.2. The van der Waals surface area contributed by atoms with Crippen molar-refractivity contribution in [2.75, 3.05) is 18.4 Å². The highest BCUT2D eigenvalue weighted by Gasteiger charge is 2.23. The van der Waals surface area contributed by atoms with Crippen LogP contribution < -0.4 is 10.6 Å². The zero-order valence-electron chi connectivity index (χ0n) is 20.0. The zero-order chi connectivity index (χ0) is 24.0. The maximum Gasteiger partial charge on any atom is 0.318 e. The Kier molecular flexibility index (Phi) is 7.53. The zero-order valence-corrected chi connectivity index (χ0v) is 20.0. The molecule has 7 nitrogen and oxygen atoms in total. The molecule has 0 aliphatic carbocycles. The molecule has 0 radical (unpaired) electrons. The van der Waals surface area contributed by atoms with Crippen molar-refractivity contribution in [3.63, 3.8) is 0 Å². The van der Waals surface area contributed by atoms with Gasteiger partial charge in [-0.2, -0.15) is 0 Å². The number of anilines is 1. The normalized spacial score (nSPS) is 11.3. The van der Waals surface area contributed by atoms with Crippen molar-refractivity contribution in [2.45, 2.75) is 40.2 Å². The van der Waals surface area contributed by atoms with E-state index >= 15 is 0 Å². The quantitative estimate of drug-likeness (QED) is 0.538. The monoisotopic (exact) mass is 447 g/mol. The first-order chi connectivity index (χ1) is 15.6. The number of urea groups is 1. The summed E-state index contributed by atoms with van der Waals surface area (Å²) >= 11 is 0. The molecule has 2 aromatic carbocycles. The highest BCUT2D eigenvalue weighted by Crippen LogP contribution is 2.24. The van der Waals surface area contributed by atoms with Gasteiger partial charge >= 0.3 is 6.03 Å². The second-order valence-corrected chi connectivity index (χ2v) is 9.52. The van der Waals surface area contributed by atoms with Crippen molar-refractivity contribution in [3.05, 3.63) is 66.9 Å². The van der Waals surface area contributed by atoms with Gasteiger partial charge in [0.1, 0.15) is 6.54 Å². The number of nitrogens with zero attached hydrogens (tertiary/aromatic N) is 3. The number of aromatic nitrogens is 2. The molecular formula is C26H33N5O2. The van der Waals surface area contributed by atoms with Gasteiger partial charge in [0.05, 0.1) is 5.69 Å². The molecule has 0 unspecified atom stereocenters. The van der Waals surface area contributed by atoms with Crippen LogP contribution in [0.4, 0.5) is 10.7 Å². The van der Waals surface area contributed by atoms with Gasteiger partial charge in [-0.1, -0.05) is 62.4 Å². The first kappa shape index (κ1) is 24.0. The fraction of sp³-hybridized carbons (Fsp3) is 0.346. The summed E-state index contributed by atoms with van der Waals surface area (Å²) in [5.41, 5.74) is 2.19. The van der Waals surface area contributed by atoms with Gasteiger partial charge in [0.15, 0.2) is 0 Å². The van der Waals surface area contributed by atoms with Crippen molar-refractivity contribution in [1.82, 2.24) is 19.8 Å². The predicted molar refractivity (Wildman–Crippen MR) is 132 cm³/mol.